The van der Waals surface area contributed by atoms with Crippen LogP contribution in [0.5, 0.6) is 0 Å². The summed E-state index contributed by atoms with van der Waals surface area (Å²) in [6.45, 7) is 1.60. The summed E-state index contributed by atoms with van der Waals surface area (Å²) in [6.07, 6.45) is 1.12. The third-order valence-electron chi connectivity index (χ3n) is 3.14. The van der Waals surface area contributed by atoms with Crippen LogP contribution in [0.3, 0.4) is 0 Å². The number of anilines is 2. The largest absolute Gasteiger partial charge is 0.478 e. The van der Waals surface area contributed by atoms with E-state index in [1.165, 1.54) is 4.90 Å². The second-order valence-corrected chi connectivity index (χ2v) is 6.05. The lowest BCUT2D eigenvalue weighted by Crippen LogP contribution is -2.05. The van der Waals surface area contributed by atoms with E-state index in [9.17, 15) is 14.4 Å². The topological polar surface area (TPSA) is 104 Å². The van der Waals surface area contributed by atoms with Gasteiger partial charge >= 0.3 is 11.9 Å². The number of carboxylic acid groups (broad SMARTS) is 2. The minimum absolute atomic E-state index is 0.0920. The van der Waals surface area contributed by atoms with Gasteiger partial charge in [0.1, 0.15) is 0 Å². The fourth-order valence-corrected chi connectivity index (χ4v) is 3.12. The van der Waals surface area contributed by atoms with Crippen molar-refractivity contribution in [1.29, 1.82) is 0 Å². The number of fused-ring (bicyclic) bond motifs is 2. The van der Waals surface area contributed by atoms with E-state index in [-0.39, 0.29) is 5.78 Å². The summed E-state index contributed by atoms with van der Waals surface area (Å²) in [7, 11) is 0. The Morgan fingerprint density at radius 2 is 1.52 bits per heavy atom. The predicted molar refractivity (Wildman–Crippen MR) is 94.7 cm³/mol. The van der Waals surface area contributed by atoms with Gasteiger partial charge < -0.3 is 15.5 Å². The van der Waals surface area contributed by atoms with Gasteiger partial charge in [-0.1, -0.05) is 30.0 Å². The van der Waals surface area contributed by atoms with Crippen LogP contribution >= 0.6 is 11.8 Å². The van der Waals surface area contributed by atoms with Gasteiger partial charge in [-0.3, -0.25) is 4.79 Å². The third kappa shape index (κ3) is 4.95. The van der Waals surface area contributed by atoms with Gasteiger partial charge in [-0.2, -0.15) is 0 Å². The number of hydrogen-bond donors (Lipinski definition) is 3. The first-order chi connectivity index (χ1) is 11.9. The zero-order chi connectivity index (χ0) is 18.4. The van der Waals surface area contributed by atoms with E-state index in [0.29, 0.717) is 12.2 Å². The van der Waals surface area contributed by atoms with E-state index in [1.807, 2.05) is 36.4 Å². The maximum atomic E-state index is 11.6. The standard InChI is InChI=1S/C14H11NOS.C4H4O4/c1-9(16)10-5-4-8-13-14(10)15-11-6-2-3-7-12(11)17-13;5-3(6)1-2-4(7)8/h2-8,15H,1H3;1-2H,(H,5,6)(H,7,8)/b;2-1-. The van der Waals surface area contributed by atoms with Crippen LogP contribution in [0.25, 0.3) is 0 Å². The molecule has 0 aromatic heterocycles. The Hall–Kier alpha value is -3.06. The number of para-hydroxylation sites is 2. The van der Waals surface area contributed by atoms with E-state index < -0.39 is 11.9 Å². The lowest BCUT2D eigenvalue weighted by molar-refractivity contribution is -0.134. The maximum Gasteiger partial charge on any atom is 0.328 e. The average Bonchev–Trinajstić information content (AvgIpc) is 2.58. The van der Waals surface area contributed by atoms with Crippen molar-refractivity contribution >= 4 is 40.9 Å². The maximum absolute atomic E-state index is 11.6. The number of nitrogens with one attached hydrogen (secondary N) is 1. The van der Waals surface area contributed by atoms with E-state index in [2.05, 4.69) is 11.4 Å². The number of hydrogen-bond acceptors (Lipinski definition) is 5. The molecule has 25 heavy (non-hydrogen) atoms. The molecule has 7 heteroatoms. The summed E-state index contributed by atoms with van der Waals surface area (Å²) in [5.74, 6) is -2.42. The molecule has 0 aliphatic carbocycles. The van der Waals surface area contributed by atoms with Crippen LogP contribution in [-0.2, 0) is 9.59 Å². The number of carboxylic acids is 2. The molecule has 0 radical (unpaired) electrons. The molecule has 1 aliphatic rings. The molecule has 1 heterocycles. The van der Waals surface area contributed by atoms with E-state index in [4.69, 9.17) is 10.2 Å². The van der Waals surface area contributed by atoms with Gasteiger partial charge in [0.2, 0.25) is 0 Å². The fraction of sp³-hybridized carbons (Fsp3) is 0.0556. The molecule has 0 bridgehead atoms. The molecule has 2 aromatic rings. The van der Waals surface area contributed by atoms with Gasteiger partial charge in [0, 0.05) is 27.5 Å². The smallest absolute Gasteiger partial charge is 0.328 e. The summed E-state index contributed by atoms with van der Waals surface area (Å²) in [5.41, 5.74) is 2.76. The van der Waals surface area contributed by atoms with Gasteiger partial charge in [0.25, 0.3) is 0 Å². The van der Waals surface area contributed by atoms with Crippen LogP contribution in [0.2, 0.25) is 0 Å². The number of carbonyl (C=O) groups excluding carboxylic acids is 1. The molecule has 2 aromatic carbocycles. The molecular weight excluding hydrogens is 342 g/mol. The molecule has 0 amide bonds. The van der Waals surface area contributed by atoms with E-state index in [0.717, 1.165) is 21.8 Å². The highest BCUT2D eigenvalue weighted by Crippen LogP contribution is 2.45. The summed E-state index contributed by atoms with van der Waals surface area (Å²) in [4.78, 5) is 33.0. The van der Waals surface area contributed by atoms with Crippen molar-refractivity contribution in [2.75, 3.05) is 5.32 Å². The molecule has 3 N–H and O–H groups in total. The van der Waals surface area contributed by atoms with Crippen molar-refractivity contribution in [3.05, 3.63) is 60.2 Å². The Labute approximate surface area is 148 Å². The van der Waals surface area contributed by atoms with Crippen LogP contribution in [0.4, 0.5) is 11.4 Å². The summed E-state index contributed by atoms with van der Waals surface area (Å²) in [6, 6.07) is 14.0. The minimum atomic E-state index is -1.26. The van der Waals surface area contributed by atoms with Gasteiger partial charge in [0.05, 0.1) is 11.4 Å². The molecule has 0 saturated carbocycles. The van der Waals surface area contributed by atoms with Crippen LogP contribution in [-0.4, -0.2) is 27.9 Å². The monoisotopic (exact) mass is 357 g/mol. The van der Waals surface area contributed by atoms with Gasteiger partial charge in [-0.05, 0) is 31.2 Å². The van der Waals surface area contributed by atoms with Crippen LogP contribution in [0.15, 0.2) is 64.4 Å². The fourth-order valence-electron chi connectivity index (χ4n) is 2.09. The summed E-state index contributed by atoms with van der Waals surface area (Å²) in [5, 5.41) is 19.0. The third-order valence-corrected chi connectivity index (χ3v) is 4.28. The summed E-state index contributed by atoms with van der Waals surface area (Å²) >= 11 is 1.70. The Morgan fingerprint density at radius 3 is 2.12 bits per heavy atom. The highest BCUT2D eigenvalue weighted by Gasteiger charge is 2.19. The lowest BCUT2D eigenvalue weighted by Gasteiger charge is -2.22. The number of rotatable bonds is 3. The Kier molecular flexibility index (Phi) is 5.97. The minimum Gasteiger partial charge on any atom is -0.478 e. The van der Waals surface area contributed by atoms with Crippen molar-refractivity contribution < 1.29 is 24.6 Å². The molecule has 0 fully saturated rings. The zero-order valence-electron chi connectivity index (χ0n) is 13.2. The number of ketones is 1. The number of benzene rings is 2. The van der Waals surface area contributed by atoms with Gasteiger partial charge in [-0.25, -0.2) is 9.59 Å². The molecule has 128 valence electrons. The van der Waals surface area contributed by atoms with Crippen LogP contribution < -0.4 is 5.32 Å². The quantitative estimate of drug-likeness (QED) is 0.484. The number of aliphatic carboxylic acids is 2. The molecule has 6 nitrogen and oxygen atoms in total. The normalized spacial score (nSPS) is 11.4. The second-order valence-electron chi connectivity index (χ2n) is 4.97. The Balaban J connectivity index is 0.000000242. The highest BCUT2D eigenvalue weighted by molar-refractivity contribution is 7.99. The molecular formula is C18H15NO5S. The highest BCUT2D eigenvalue weighted by atomic mass is 32.2. The van der Waals surface area contributed by atoms with Crippen molar-refractivity contribution in [2.45, 2.75) is 16.7 Å². The molecule has 0 saturated heterocycles. The first-order valence-electron chi connectivity index (χ1n) is 7.20. The van der Waals surface area contributed by atoms with Crippen molar-refractivity contribution in [1.82, 2.24) is 0 Å². The number of carbonyl (C=O) groups is 3. The van der Waals surface area contributed by atoms with Gasteiger partial charge in [-0.15, -0.1) is 0 Å². The van der Waals surface area contributed by atoms with E-state index >= 15 is 0 Å². The first-order valence-corrected chi connectivity index (χ1v) is 8.02. The molecule has 3 rings (SSSR count). The Bertz CT molecular complexity index is 844. The van der Waals surface area contributed by atoms with Crippen LogP contribution in [0.1, 0.15) is 17.3 Å². The molecule has 0 spiro atoms. The van der Waals surface area contributed by atoms with Crippen molar-refractivity contribution in [3.63, 3.8) is 0 Å². The van der Waals surface area contributed by atoms with E-state index in [1.54, 1.807) is 18.7 Å². The average molecular weight is 357 g/mol. The summed E-state index contributed by atoms with van der Waals surface area (Å²) < 4.78 is 0. The van der Waals surface area contributed by atoms with Crippen molar-refractivity contribution in [2.24, 2.45) is 0 Å². The first kappa shape index (κ1) is 18.3. The zero-order valence-corrected chi connectivity index (χ0v) is 14.0. The molecule has 1 aliphatic heterocycles. The van der Waals surface area contributed by atoms with Crippen LogP contribution in [0, 0.1) is 0 Å². The lowest BCUT2D eigenvalue weighted by atomic mass is 10.1. The SMILES string of the molecule is CC(=O)c1cccc2c1Nc1ccccc1S2.O=C(O)/C=C\C(=O)O. The van der Waals surface area contributed by atoms with Crippen molar-refractivity contribution in [3.8, 4) is 0 Å². The van der Waals surface area contributed by atoms with Gasteiger partial charge in [0.15, 0.2) is 5.78 Å². The molecule has 0 unspecified atom stereocenters. The second kappa shape index (κ2) is 8.16. The number of Topliss-reactive ketones (excluding diaryl/α,β-unsaturated/α-hetero) is 1. The Morgan fingerprint density at radius 1 is 0.920 bits per heavy atom. The molecule has 0 atom stereocenters. The predicted octanol–water partition coefficient (Wildman–Crippen LogP) is 3.81.